The van der Waals surface area contributed by atoms with E-state index in [0.29, 0.717) is 22.9 Å². The third-order valence-electron chi connectivity index (χ3n) is 2.26. The van der Waals surface area contributed by atoms with E-state index < -0.39 is 5.97 Å². The van der Waals surface area contributed by atoms with Gasteiger partial charge >= 0.3 is 5.97 Å². The zero-order valence-electron chi connectivity index (χ0n) is 9.90. The number of aryl methyl sites for hydroxylation is 1. The normalized spacial score (nSPS) is 10.6. The Hall–Kier alpha value is -1.40. The van der Waals surface area contributed by atoms with E-state index in [1.807, 2.05) is 6.92 Å². The molecule has 0 radical (unpaired) electrons. The van der Waals surface area contributed by atoms with Gasteiger partial charge in [-0.1, -0.05) is 16.1 Å². The number of carbonyl (C=O) groups excluding carboxylic acids is 1. The molecule has 1 heterocycles. The number of carbonyl (C=O) groups is 1. The molecule has 0 atom stereocenters. The second-order valence-electron chi connectivity index (χ2n) is 3.55. The van der Waals surface area contributed by atoms with E-state index in [4.69, 9.17) is 21.1 Å². The van der Waals surface area contributed by atoms with Crippen LogP contribution >= 0.6 is 23.1 Å². The molecule has 96 valence electrons. The van der Waals surface area contributed by atoms with Crippen molar-refractivity contribution in [3.8, 4) is 5.75 Å². The monoisotopic (exact) mass is 286 g/mol. The molecule has 0 aliphatic carbocycles. The fraction of sp³-hybridized carbons (Fsp3) is 0.364. The van der Waals surface area contributed by atoms with Crippen molar-refractivity contribution in [1.82, 2.24) is 9.59 Å². The van der Waals surface area contributed by atoms with E-state index in [9.17, 15) is 4.79 Å². The van der Waals surface area contributed by atoms with Crippen LogP contribution in [0.25, 0.3) is 10.2 Å². The Balaban J connectivity index is 2.27. The molecular formula is C11H11ClN2O3S. The molecule has 5 nitrogen and oxygen atoms in total. The lowest BCUT2D eigenvalue weighted by Crippen LogP contribution is -2.15. The number of rotatable bonds is 4. The van der Waals surface area contributed by atoms with Crippen molar-refractivity contribution in [3.05, 3.63) is 16.7 Å². The van der Waals surface area contributed by atoms with Gasteiger partial charge in [0.25, 0.3) is 0 Å². The maximum Gasteiger partial charge on any atom is 0.344 e. The van der Waals surface area contributed by atoms with Gasteiger partial charge in [-0.2, -0.15) is 0 Å². The van der Waals surface area contributed by atoms with Gasteiger partial charge in [-0.25, -0.2) is 4.79 Å². The minimum Gasteiger partial charge on any atom is -0.479 e. The minimum atomic E-state index is -0.414. The molecule has 0 amide bonds. The van der Waals surface area contributed by atoms with Crippen LogP contribution in [0.4, 0.5) is 0 Å². The smallest absolute Gasteiger partial charge is 0.344 e. The quantitative estimate of drug-likeness (QED) is 0.809. The summed E-state index contributed by atoms with van der Waals surface area (Å²) in [7, 11) is 0. The first-order valence-electron chi connectivity index (χ1n) is 5.33. The molecule has 0 aliphatic heterocycles. The number of hydrogen-bond donors (Lipinski definition) is 0. The number of nitrogens with zero attached hydrogens (tertiary/aromatic N) is 2. The van der Waals surface area contributed by atoms with Crippen molar-refractivity contribution in [1.29, 1.82) is 0 Å². The Labute approximate surface area is 113 Å². The lowest BCUT2D eigenvalue weighted by Gasteiger charge is -2.09. The van der Waals surface area contributed by atoms with Crippen molar-refractivity contribution < 1.29 is 14.3 Å². The van der Waals surface area contributed by atoms with Crippen molar-refractivity contribution in [2.24, 2.45) is 0 Å². The summed E-state index contributed by atoms with van der Waals surface area (Å²) >= 11 is 7.26. The molecule has 7 heteroatoms. The SMILES string of the molecule is CCOC(=O)COc1c(C)cc(Cl)c2snnc12. The van der Waals surface area contributed by atoms with Gasteiger partial charge in [0.15, 0.2) is 12.4 Å². The van der Waals surface area contributed by atoms with Gasteiger partial charge in [0.2, 0.25) is 0 Å². The summed E-state index contributed by atoms with van der Waals surface area (Å²) in [6.07, 6.45) is 0. The second kappa shape index (κ2) is 5.49. The molecule has 1 aromatic heterocycles. The Bertz CT molecular complexity index is 585. The Morgan fingerprint density at radius 1 is 1.56 bits per heavy atom. The zero-order valence-corrected chi connectivity index (χ0v) is 11.5. The summed E-state index contributed by atoms with van der Waals surface area (Å²) < 4.78 is 14.8. The lowest BCUT2D eigenvalue weighted by atomic mass is 10.2. The molecule has 18 heavy (non-hydrogen) atoms. The Kier molecular flexibility index (Phi) is 3.98. The Morgan fingerprint density at radius 3 is 3.06 bits per heavy atom. The third kappa shape index (κ3) is 2.54. The second-order valence-corrected chi connectivity index (χ2v) is 4.71. The van der Waals surface area contributed by atoms with Crippen LogP contribution in [0.5, 0.6) is 5.75 Å². The fourth-order valence-electron chi connectivity index (χ4n) is 1.52. The summed E-state index contributed by atoms with van der Waals surface area (Å²) in [5.74, 6) is 0.111. The molecule has 2 rings (SSSR count). The van der Waals surface area contributed by atoms with Gasteiger partial charge in [0.1, 0.15) is 5.52 Å². The van der Waals surface area contributed by atoms with Gasteiger partial charge in [0.05, 0.1) is 16.3 Å². The number of halogens is 1. The van der Waals surface area contributed by atoms with E-state index in [0.717, 1.165) is 10.3 Å². The van der Waals surface area contributed by atoms with Crippen LogP contribution in [0.1, 0.15) is 12.5 Å². The van der Waals surface area contributed by atoms with Crippen LogP contribution in [0.2, 0.25) is 5.02 Å². The number of fused-ring (bicyclic) bond motifs is 1. The summed E-state index contributed by atoms with van der Waals surface area (Å²) in [6.45, 7) is 3.76. The third-order valence-corrected chi connectivity index (χ3v) is 3.43. The number of benzene rings is 1. The molecule has 1 aromatic carbocycles. The molecule has 0 saturated carbocycles. The van der Waals surface area contributed by atoms with Crippen LogP contribution in [0.15, 0.2) is 6.07 Å². The van der Waals surface area contributed by atoms with Crippen molar-refractivity contribution in [3.63, 3.8) is 0 Å². The lowest BCUT2D eigenvalue weighted by molar-refractivity contribution is -0.145. The first-order chi connectivity index (χ1) is 8.63. The van der Waals surface area contributed by atoms with Crippen molar-refractivity contribution in [2.75, 3.05) is 13.2 Å². The maximum absolute atomic E-state index is 11.3. The Morgan fingerprint density at radius 2 is 2.33 bits per heavy atom. The molecule has 0 unspecified atom stereocenters. The average Bonchev–Trinajstić information content (AvgIpc) is 2.78. The topological polar surface area (TPSA) is 61.3 Å². The highest BCUT2D eigenvalue weighted by atomic mass is 35.5. The molecular weight excluding hydrogens is 276 g/mol. The number of hydrogen-bond acceptors (Lipinski definition) is 6. The van der Waals surface area contributed by atoms with Crippen LogP contribution in [0.3, 0.4) is 0 Å². The van der Waals surface area contributed by atoms with Gasteiger partial charge in [-0.15, -0.1) is 5.10 Å². The van der Waals surface area contributed by atoms with Crippen LogP contribution in [-0.4, -0.2) is 28.8 Å². The molecule has 0 aliphatic rings. The number of ether oxygens (including phenoxy) is 2. The standard InChI is InChI=1S/C11H11ClN2O3S/c1-3-16-8(15)5-17-10-6(2)4-7(12)11-9(10)13-14-18-11/h4H,3,5H2,1-2H3. The van der Waals surface area contributed by atoms with Crippen molar-refractivity contribution in [2.45, 2.75) is 13.8 Å². The van der Waals surface area contributed by atoms with Gasteiger partial charge in [0, 0.05) is 0 Å². The highest BCUT2D eigenvalue weighted by Gasteiger charge is 2.15. The highest BCUT2D eigenvalue weighted by Crippen LogP contribution is 2.35. The van der Waals surface area contributed by atoms with E-state index in [1.165, 1.54) is 11.5 Å². The summed E-state index contributed by atoms with van der Waals surface area (Å²) in [4.78, 5) is 11.3. The molecule has 0 spiro atoms. The van der Waals surface area contributed by atoms with E-state index >= 15 is 0 Å². The van der Waals surface area contributed by atoms with E-state index in [2.05, 4.69) is 9.59 Å². The molecule has 0 bridgehead atoms. The molecule has 2 aromatic rings. The first-order valence-corrected chi connectivity index (χ1v) is 6.48. The minimum absolute atomic E-state index is 0.150. The largest absolute Gasteiger partial charge is 0.479 e. The predicted molar refractivity (Wildman–Crippen MR) is 69.3 cm³/mol. The number of esters is 1. The van der Waals surface area contributed by atoms with Crippen molar-refractivity contribution >= 4 is 39.3 Å². The highest BCUT2D eigenvalue weighted by molar-refractivity contribution is 7.13. The fourth-order valence-corrected chi connectivity index (χ4v) is 2.45. The summed E-state index contributed by atoms with van der Waals surface area (Å²) in [6, 6.07) is 1.77. The van der Waals surface area contributed by atoms with Crippen LogP contribution < -0.4 is 4.74 Å². The number of aromatic nitrogens is 2. The van der Waals surface area contributed by atoms with Crippen LogP contribution in [0, 0.1) is 6.92 Å². The van der Waals surface area contributed by atoms with Gasteiger partial charge in [-0.3, -0.25) is 0 Å². The first kappa shape index (κ1) is 13.0. The van der Waals surface area contributed by atoms with E-state index in [1.54, 1.807) is 13.0 Å². The average molecular weight is 287 g/mol. The molecule has 0 saturated heterocycles. The maximum atomic E-state index is 11.3. The van der Waals surface area contributed by atoms with Crippen LogP contribution in [-0.2, 0) is 9.53 Å². The van der Waals surface area contributed by atoms with Gasteiger partial charge in [-0.05, 0) is 37.0 Å². The zero-order chi connectivity index (χ0) is 13.1. The molecule has 0 N–H and O–H groups in total. The summed E-state index contributed by atoms with van der Waals surface area (Å²) in [5, 5.41) is 4.56. The summed E-state index contributed by atoms with van der Waals surface area (Å²) in [5.41, 5.74) is 1.39. The van der Waals surface area contributed by atoms with E-state index in [-0.39, 0.29) is 6.61 Å². The van der Waals surface area contributed by atoms with Gasteiger partial charge < -0.3 is 9.47 Å². The predicted octanol–water partition coefficient (Wildman–Crippen LogP) is 2.60. The molecule has 0 fully saturated rings.